The number of hydrogen-bond donors (Lipinski definition) is 3. The Morgan fingerprint density at radius 1 is 0.879 bits per heavy atom. The number of benzene rings is 3. The van der Waals surface area contributed by atoms with Crippen molar-refractivity contribution in [3.05, 3.63) is 83.4 Å². The smallest absolute Gasteiger partial charge is 0.322 e. The lowest BCUT2D eigenvalue weighted by Crippen LogP contribution is -2.19. The van der Waals surface area contributed by atoms with Gasteiger partial charge in [0.25, 0.3) is 5.91 Å². The van der Waals surface area contributed by atoms with E-state index in [1.54, 1.807) is 42.5 Å². The van der Waals surface area contributed by atoms with Crippen LogP contribution in [0, 0.1) is 6.92 Å². The fourth-order valence-electron chi connectivity index (χ4n) is 3.17. The maximum Gasteiger partial charge on any atom is 0.325 e. The molecule has 0 saturated carbocycles. The summed E-state index contributed by atoms with van der Waals surface area (Å²) in [5.41, 5.74) is 2.63. The van der Waals surface area contributed by atoms with Crippen LogP contribution in [-0.2, 0) is 5.67 Å². The van der Waals surface area contributed by atoms with Crippen LogP contribution in [0.25, 0.3) is 10.2 Å². The zero-order valence-corrected chi connectivity index (χ0v) is 19.2. The quantitative estimate of drug-likeness (QED) is 0.308. The number of aryl methyl sites for hydroxylation is 1. The summed E-state index contributed by atoms with van der Waals surface area (Å²) >= 11 is 1.27. The molecule has 168 valence electrons. The summed E-state index contributed by atoms with van der Waals surface area (Å²) in [6.07, 6.45) is 0. The molecule has 1 aromatic heterocycles. The third kappa shape index (κ3) is 5.53. The largest absolute Gasteiger partial charge is 0.325 e. The molecular weight excluding hydrogens is 439 g/mol. The molecule has 1 heterocycles. The molecule has 6 nitrogen and oxygen atoms in total. The molecule has 8 heteroatoms. The fraction of sp³-hybridized carbons (Fsp3) is 0.160. The minimum atomic E-state index is -1.45. The Hall–Kier alpha value is -3.78. The average Bonchev–Trinajstić information content (AvgIpc) is 3.16. The number of urea groups is 1. The number of carbonyl (C=O) groups excluding carboxylic acids is 2. The van der Waals surface area contributed by atoms with Gasteiger partial charge in [0.15, 0.2) is 5.13 Å². The van der Waals surface area contributed by atoms with Crippen LogP contribution in [0.15, 0.2) is 66.7 Å². The van der Waals surface area contributed by atoms with Crippen molar-refractivity contribution < 1.29 is 14.0 Å². The molecule has 4 aromatic rings. The second-order valence-electron chi connectivity index (χ2n) is 8.15. The molecular formula is C25H23FN4O2S. The zero-order chi connectivity index (χ0) is 23.6. The van der Waals surface area contributed by atoms with Gasteiger partial charge in [0.2, 0.25) is 0 Å². The summed E-state index contributed by atoms with van der Waals surface area (Å²) in [5.74, 6) is -0.221. The highest BCUT2D eigenvalue weighted by atomic mass is 32.1. The van der Waals surface area contributed by atoms with Crippen molar-refractivity contribution in [3.8, 4) is 0 Å². The SMILES string of the molecule is Cc1ccc(NC(=O)c2ccc3nc(NC(=O)Nc4ccc(C(C)(C)F)cc4)sc3c2)cc1. The van der Waals surface area contributed by atoms with E-state index in [1.165, 1.54) is 25.2 Å². The minimum absolute atomic E-state index is 0.221. The molecule has 0 spiro atoms. The van der Waals surface area contributed by atoms with Gasteiger partial charge in [-0.25, -0.2) is 14.2 Å². The summed E-state index contributed by atoms with van der Waals surface area (Å²) in [5, 5.41) is 8.68. The molecule has 0 unspecified atom stereocenters. The van der Waals surface area contributed by atoms with Crippen molar-refractivity contribution in [2.24, 2.45) is 0 Å². The van der Waals surface area contributed by atoms with Crippen LogP contribution in [0.3, 0.4) is 0 Å². The number of nitrogens with zero attached hydrogens (tertiary/aromatic N) is 1. The van der Waals surface area contributed by atoms with Crippen LogP contribution in [-0.4, -0.2) is 16.9 Å². The van der Waals surface area contributed by atoms with E-state index in [2.05, 4.69) is 20.9 Å². The van der Waals surface area contributed by atoms with Crippen molar-refractivity contribution >= 4 is 50.0 Å². The van der Waals surface area contributed by atoms with Crippen LogP contribution < -0.4 is 16.0 Å². The Morgan fingerprint density at radius 2 is 1.52 bits per heavy atom. The molecule has 0 aliphatic rings. The normalized spacial score (nSPS) is 11.3. The third-order valence-corrected chi connectivity index (χ3v) is 5.94. The number of alkyl halides is 1. The maximum absolute atomic E-state index is 14.0. The van der Waals surface area contributed by atoms with E-state index >= 15 is 0 Å². The molecule has 0 fully saturated rings. The van der Waals surface area contributed by atoms with E-state index in [-0.39, 0.29) is 5.91 Å². The van der Waals surface area contributed by atoms with Gasteiger partial charge in [-0.2, -0.15) is 0 Å². The summed E-state index contributed by atoms with van der Waals surface area (Å²) in [4.78, 5) is 29.3. The van der Waals surface area contributed by atoms with Crippen molar-refractivity contribution in [3.63, 3.8) is 0 Å². The van der Waals surface area contributed by atoms with Gasteiger partial charge in [0.05, 0.1) is 10.2 Å². The Bertz CT molecular complexity index is 1310. The first-order valence-electron chi connectivity index (χ1n) is 10.3. The molecule has 0 aliphatic heterocycles. The summed E-state index contributed by atoms with van der Waals surface area (Å²) in [6, 6.07) is 18.9. The predicted octanol–water partition coefficient (Wildman–Crippen LogP) is 6.71. The molecule has 33 heavy (non-hydrogen) atoms. The molecule has 0 bridgehead atoms. The van der Waals surface area contributed by atoms with Crippen molar-refractivity contribution in [1.29, 1.82) is 0 Å². The first-order valence-corrected chi connectivity index (χ1v) is 11.1. The highest BCUT2D eigenvalue weighted by molar-refractivity contribution is 7.22. The van der Waals surface area contributed by atoms with Gasteiger partial charge in [-0.3, -0.25) is 10.1 Å². The van der Waals surface area contributed by atoms with E-state index in [9.17, 15) is 14.0 Å². The van der Waals surface area contributed by atoms with E-state index in [0.29, 0.717) is 27.5 Å². The van der Waals surface area contributed by atoms with Crippen LogP contribution >= 0.6 is 11.3 Å². The summed E-state index contributed by atoms with van der Waals surface area (Å²) < 4.78 is 14.7. The standard InChI is InChI=1S/C25H23FN4O2S/c1-15-4-9-18(10-5-15)27-22(31)16-6-13-20-21(14-16)33-24(29-20)30-23(32)28-19-11-7-17(8-12-19)25(2,3)26/h4-14H,1-3H3,(H,27,31)(H2,28,29,30,32). The van der Waals surface area contributed by atoms with Gasteiger partial charge in [0, 0.05) is 16.9 Å². The van der Waals surface area contributed by atoms with E-state index in [0.717, 1.165) is 16.0 Å². The maximum atomic E-state index is 14.0. The van der Waals surface area contributed by atoms with E-state index < -0.39 is 11.7 Å². The summed E-state index contributed by atoms with van der Waals surface area (Å²) in [7, 11) is 0. The van der Waals surface area contributed by atoms with Gasteiger partial charge in [-0.1, -0.05) is 41.2 Å². The van der Waals surface area contributed by atoms with Crippen LogP contribution in [0.4, 0.5) is 25.7 Å². The van der Waals surface area contributed by atoms with Crippen LogP contribution in [0.2, 0.25) is 0 Å². The second kappa shape index (κ2) is 8.99. The Morgan fingerprint density at radius 3 is 2.18 bits per heavy atom. The number of fused-ring (bicyclic) bond motifs is 1. The lowest BCUT2D eigenvalue weighted by Gasteiger charge is -2.15. The highest BCUT2D eigenvalue weighted by Gasteiger charge is 2.18. The first kappa shape index (κ1) is 22.4. The number of halogens is 1. The van der Waals surface area contributed by atoms with Crippen LogP contribution in [0.1, 0.15) is 35.3 Å². The number of nitrogens with one attached hydrogen (secondary N) is 3. The number of carbonyl (C=O) groups is 2. The second-order valence-corrected chi connectivity index (χ2v) is 9.18. The van der Waals surface area contributed by atoms with Gasteiger partial charge in [0.1, 0.15) is 5.67 Å². The molecule has 0 saturated heterocycles. The topological polar surface area (TPSA) is 83.1 Å². The highest BCUT2D eigenvalue weighted by Crippen LogP contribution is 2.28. The molecule has 4 rings (SSSR count). The molecule has 3 aromatic carbocycles. The number of amides is 3. The molecule has 0 aliphatic carbocycles. The van der Waals surface area contributed by atoms with Gasteiger partial charge in [-0.05, 0) is 68.8 Å². The molecule has 3 amide bonds. The first-order chi connectivity index (χ1) is 15.7. The number of thiazole rings is 1. The van der Waals surface area contributed by atoms with E-state index in [1.807, 2.05) is 31.2 Å². The number of aromatic nitrogens is 1. The predicted molar refractivity (Wildman–Crippen MR) is 132 cm³/mol. The zero-order valence-electron chi connectivity index (χ0n) is 18.4. The Labute approximate surface area is 194 Å². The molecule has 0 atom stereocenters. The van der Waals surface area contributed by atoms with Gasteiger partial charge in [-0.15, -0.1) is 0 Å². The van der Waals surface area contributed by atoms with Crippen molar-refractivity contribution in [2.45, 2.75) is 26.4 Å². The van der Waals surface area contributed by atoms with Crippen LogP contribution in [0.5, 0.6) is 0 Å². The fourth-order valence-corrected chi connectivity index (χ4v) is 4.07. The Kier molecular flexibility index (Phi) is 6.11. The lowest BCUT2D eigenvalue weighted by atomic mass is 10.0. The number of anilines is 3. The monoisotopic (exact) mass is 462 g/mol. The van der Waals surface area contributed by atoms with Gasteiger partial charge < -0.3 is 10.6 Å². The average molecular weight is 463 g/mol. The third-order valence-electron chi connectivity index (χ3n) is 5.01. The Balaban J connectivity index is 1.42. The van der Waals surface area contributed by atoms with E-state index in [4.69, 9.17) is 0 Å². The van der Waals surface area contributed by atoms with Crippen molar-refractivity contribution in [1.82, 2.24) is 4.98 Å². The molecule has 0 radical (unpaired) electrons. The number of rotatable bonds is 5. The summed E-state index contributed by atoms with van der Waals surface area (Å²) in [6.45, 7) is 4.94. The van der Waals surface area contributed by atoms with Gasteiger partial charge >= 0.3 is 6.03 Å². The molecule has 3 N–H and O–H groups in total. The minimum Gasteiger partial charge on any atom is -0.322 e. The van der Waals surface area contributed by atoms with Crippen molar-refractivity contribution in [2.75, 3.05) is 16.0 Å². The lowest BCUT2D eigenvalue weighted by molar-refractivity contribution is 0.102. The number of hydrogen-bond acceptors (Lipinski definition) is 4.